The molecule has 1 aliphatic heterocycles. The molecule has 2 rings (SSSR count). The van der Waals surface area contributed by atoms with E-state index < -0.39 is 0 Å². The van der Waals surface area contributed by atoms with Crippen LogP contribution in [0.2, 0.25) is 0 Å². The number of thiophene rings is 1. The van der Waals surface area contributed by atoms with Gasteiger partial charge >= 0.3 is 5.97 Å². The Morgan fingerprint density at radius 1 is 1.38 bits per heavy atom. The molecule has 1 aromatic rings. The highest BCUT2D eigenvalue weighted by Gasteiger charge is 2.29. The molecule has 1 atom stereocenters. The Labute approximate surface area is 146 Å². The number of esters is 1. The van der Waals surface area contributed by atoms with Gasteiger partial charge in [0, 0.05) is 19.1 Å². The summed E-state index contributed by atoms with van der Waals surface area (Å²) >= 11 is 1.42. The first-order valence-electron chi connectivity index (χ1n) is 8.30. The molecule has 0 saturated carbocycles. The fourth-order valence-electron chi connectivity index (χ4n) is 2.55. The average molecular weight is 352 g/mol. The van der Waals surface area contributed by atoms with Crippen LogP contribution >= 0.6 is 11.3 Å². The fourth-order valence-corrected chi connectivity index (χ4v) is 3.24. The minimum Gasteiger partial charge on any atom is -0.455 e. The lowest BCUT2D eigenvalue weighted by Gasteiger charge is -2.30. The van der Waals surface area contributed by atoms with Crippen molar-refractivity contribution in [1.82, 2.24) is 10.2 Å². The Hall–Kier alpha value is -1.89. The minimum absolute atomic E-state index is 0.0183. The third-order valence-corrected chi connectivity index (χ3v) is 5.07. The van der Waals surface area contributed by atoms with Gasteiger partial charge in [-0.05, 0) is 37.6 Å². The van der Waals surface area contributed by atoms with Crippen molar-refractivity contribution in [2.75, 3.05) is 19.7 Å². The number of rotatable bonds is 6. The molecule has 24 heavy (non-hydrogen) atoms. The van der Waals surface area contributed by atoms with E-state index in [1.54, 1.807) is 4.90 Å². The molecule has 1 aromatic heterocycles. The molecule has 0 spiro atoms. The van der Waals surface area contributed by atoms with Crippen LogP contribution in [0.15, 0.2) is 17.5 Å². The van der Waals surface area contributed by atoms with Gasteiger partial charge < -0.3 is 15.0 Å². The van der Waals surface area contributed by atoms with Crippen LogP contribution < -0.4 is 5.32 Å². The maximum atomic E-state index is 12.3. The zero-order chi connectivity index (χ0) is 17.5. The normalized spacial score (nSPS) is 16.5. The van der Waals surface area contributed by atoms with E-state index in [4.69, 9.17) is 4.74 Å². The second-order valence-electron chi connectivity index (χ2n) is 6.03. The summed E-state index contributed by atoms with van der Waals surface area (Å²) < 4.78 is 5.10. The number of piperidine rings is 1. The number of amides is 2. The maximum Gasteiger partial charge on any atom is 0.309 e. The molecular formula is C17H24N2O4S. The molecule has 6 nitrogen and oxygen atoms in total. The average Bonchev–Trinajstić information content (AvgIpc) is 3.13. The van der Waals surface area contributed by atoms with E-state index in [0.29, 0.717) is 25.9 Å². The van der Waals surface area contributed by atoms with Crippen LogP contribution in [0.1, 0.15) is 42.8 Å². The number of hydrogen-bond donors (Lipinski definition) is 1. The van der Waals surface area contributed by atoms with Crippen molar-refractivity contribution < 1.29 is 19.1 Å². The molecule has 1 fully saturated rings. The van der Waals surface area contributed by atoms with E-state index in [2.05, 4.69) is 5.32 Å². The van der Waals surface area contributed by atoms with E-state index in [1.807, 2.05) is 31.4 Å². The quantitative estimate of drug-likeness (QED) is 0.795. The second-order valence-corrected chi connectivity index (χ2v) is 6.98. The van der Waals surface area contributed by atoms with Crippen molar-refractivity contribution in [2.45, 2.75) is 39.2 Å². The zero-order valence-corrected chi connectivity index (χ0v) is 14.9. The number of carbonyl (C=O) groups excluding carboxylic acids is 3. The lowest BCUT2D eigenvalue weighted by atomic mass is 9.97. The van der Waals surface area contributed by atoms with Gasteiger partial charge in [-0.25, -0.2) is 0 Å². The third-order valence-electron chi connectivity index (χ3n) is 4.21. The smallest absolute Gasteiger partial charge is 0.309 e. The highest BCUT2D eigenvalue weighted by molar-refractivity contribution is 7.12. The standard InChI is InChI=1S/C17H24N2O4S/c1-3-12(2)18-15(20)11-23-17(22)13-6-8-19(9-7-13)16(21)14-5-4-10-24-14/h4-5,10,12-13H,3,6-9,11H2,1-2H3,(H,18,20). The van der Waals surface area contributed by atoms with E-state index in [0.717, 1.165) is 11.3 Å². The Morgan fingerprint density at radius 3 is 2.67 bits per heavy atom. The molecule has 0 radical (unpaired) electrons. The third kappa shape index (κ3) is 5.06. The maximum absolute atomic E-state index is 12.3. The van der Waals surface area contributed by atoms with Gasteiger partial charge in [0.25, 0.3) is 11.8 Å². The van der Waals surface area contributed by atoms with Gasteiger partial charge in [-0.3, -0.25) is 14.4 Å². The van der Waals surface area contributed by atoms with E-state index in [9.17, 15) is 14.4 Å². The molecule has 0 aromatic carbocycles. The second kappa shape index (κ2) is 8.82. The highest BCUT2D eigenvalue weighted by Crippen LogP contribution is 2.21. The SMILES string of the molecule is CCC(C)NC(=O)COC(=O)C1CCN(C(=O)c2cccs2)CC1. The summed E-state index contributed by atoms with van der Waals surface area (Å²) in [6.45, 7) is 4.71. The topological polar surface area (TPSA) is 75.7 Å². The molecule has 1 N–H and O–H groups in total. The summed E-state index contributed by atoms with van der Waals surface area (Å²) in [6.07, 6.45) is 1.97. The van der Waals surface area contributed by atoms with E-state index in [1.165, 1.54) is 11.3 Å². The summed E-state index contributed by atoms with van der Waals surface area (Å²) in [4.78, 5) is 38.4. The van der Waals surface area contributed by atoms with Crippen molar-refractivity contribution in [3.8, 4) is 0 Å². The molecule has 2 heterocycles. The van der Waals surface area contributed by atoms with Crippen LogP contribution in [0, 0.1) is 5.92 Å². The summed E-state index contributed by atoms with van der Waals surface area (Å²) in [7, 11) is 0. The van der Waals surface area contributed by atoms with Gasteiger partial charge in [0.2, 0.25) is 0 Å². The monoisotopic (exact) mass is 352 g/mol. The zero-order valence-electron chi connectivity index (χ0n) is 14.1. The largest absolute Gasteiger partial charge is 0.455 e. The number of nitrogens with zero attached hydrogens (tertiary/aromatic N) is 1. The Morgan fingerprint density at radius 2 is 2.08 bits per heavy atom. The molecule has 7 heteroatoms. The van der Waals surface area contributed by atoms with Crippen LogP contribution in [0.4, 0.5) is 0 Å². The molecule has 1 saturated heterocycles. The molecule has 0 bridgehead atoms. The lowest BCUT2D eigenvalue weighted by Crippen LogP contribution is -2.41. The van der Waals surface area contributed by atoms with Crippen molar-refractivity contribution in [1.29, 1.82) is 0 Å². The Bertz CT molecular complexity index is 565. The lowest BCUT2D eigenvalue weighted by molar-refractivity contribution is -0.154. The first kappa shape index (κ1) is 18.4. The summed E-state index contributed by atoms with van der Waals surface area (Å²) in [6, 6.07) is 3.73. The first-order valence-corrected chi connectivity index (χ1v) is 9.18. The van der Waals surface area contributed by atoms with Crippen molar-refractivity contribution >= 4 is 29.1 Å². The first-order chi connectivity index (χ1) is 11.5. The van der Waals surface area contributed by atoms with Gasteiger partial charge in [0.05, 0.1) is 10.8 Å². The molecular weight excluding hydrogens is 328 g/mol. The van der Waals surface area contributed by atoms with Crippen LogP contribution in [-0.2, 0) is 14.3 Å². The summed E-state index contributed by atoms with van der Waals surface area (Å²) in [5.74, 6) is -0.848. The Kier molecular flexibility index (Phi) is 6.78. The van der Waals surface area contributed by atoms with Crippen LogP contribution in [-0.4, -0.2) is 48.4 Å². The minimum atomic E-state index is -0.350. The number of likely N-dealkylation sites (tertiary alicyclic amines) is 1. The Balaban J connectivity index is 1.72. The predicted molar refractivity (Wildman–Crippen MR) is 91.8 cm³/mol. The van der Waals surface area contributed by atoms with Crippen molar-refractivity contribution in [2.24, 2.45) is 5.92 Å². The van der Waals surface area contributed by atoms with Crippen LogP contribution in [0.3, 0.4) is 0 Å². The molecule has 132 valence electrons. The van der Waals surface area contributed by atoms with Gasteiger partial charge in [-0.2, -0.15) is 0 Å². The number of carbonyl (C=O) groups is 3. The van der Waals surface area contributed by atoms with E-state index >= 15 is 0 Å². The molecule has 1 aliphatic rings. The van der Waals surface area contributed by atoms with Gasteiger partial charge in [0.15, 0.2) is 6.61 Å². The van der Waals surface area contributed by atoms with Gasteiger partial charge in [-0.15, -0.1) is 11.3 Å². The predicted octanol–water partition coefficient (Wildman–Crippen LogP) is 2.06. The summed E-state index contributed by atoms with van der Waals surface area (Å²) in [5, 5.41) is 4.63. The van der Waals surface area contributed by atoms with Crippen molar-refractivity contribution in [3.05, 3.63) is 22.4 Å². The van der Waals surface area contributed by atoms with E-state index in [-0.39, 0.29) is 36.4 Å². The number of nitrogens with one attached hydrogen (secondary N) is 1. The number of ether oxygens (including phenoxy) is 1. The molecule has 0 aliphatic carbocycles. The molecule has 2 amide bonds. The fraction of sp³-hybridized carbons (Fsp3) is 0.588. The van der Waals surface area contributed by atoms with Gasteiger partial charge in [0.1, 0.15) is 0 Å². The molecule has 1 unspecified atom stereocenters. The number of hydrogen-bond acceptors (Lipinski definition) is 5. The van der Waals surface area contributed by atoms with Crippen molar-refractivity contribution in [3.63, 3.8) is 0 Å². The highest BCUT2D eigenvalue weighted by atomic mass is 32.1. The van der Waals surface area contributed by atoms with Crippen LogP contribution in [0.25, 0.3) is 0 Å². The summed E-state index contributed by atoms with van der Waals surface area (Å²) in [5.41, 5.74) is 0. The van der Waals surface area contributed by atoms with Crippen LogP contribution in [0.5, 0.6) is 0 Å². The van der Waals surface area contributed by atoms with Gasteiger partial charge in [-0.1, -0.05) is 13.0 Å².